The number of carbonyl (C=O) groups is 4. The maximum Gasteiger partial charge on any atom is 0.293 e. The zero-order chi connectivity index (χ0) is 24.8. The Kier molecular flexibility index (Phi) is 11.8. The van der Waals surface area contributed by atoms with Crippen LogP contribution < -0.4 is 21.1 Å². The van der Waals surface area contributed by atoms with E-state index in [9.17, 15) is 19.2 Å². The average Bonchev–Trinajstić information content (AvgIpc) is 2.81. The second-order valence-corrected chi connectivity index (χ2v) is 8.41. The van der Waals surface area contributed by atoms with Gasteiger partial charge in [-0.3, -0.25) is 19.2 Å². The number of Topliss-reactive ketones (excluding diaryl/α,β-unsaturated/α-hetero) is 1. The maximum atomic E-state index is 13.2. The third-order valence-corrected chi connectivity index (χ3v) is 5.60. The summed E-state index contributed by atoms with van der Waals surface area (Å²) in [5.74, 6) is -0.725. The van der Waals surface area contributed by atoms with E-state index >= 15 is 0 Å². The lowest BCUT2D eigenvalue weighted by atomic mass is 9.90. The van der Waals surface area contributed by atoms with Crippen molar-refractivity contribution in [3.8, 4) is 5.75 Å². The molecule has 1 aromatic carbocycles. The first-order chi connectivity index (χ1) is 16.4. The monoisotopic (exact) mass is 473 g/mol. The van der Waals surface area contributed by atoms with Gasteiger partial charge in [0.2, 0.25) is 11.8 Å². The topological polar surface area (TPSA) is 137 Å². The molecule has 2 bridgehead atoms. The van der Waals surface area contributed by atoms with Crippen molar-refractivity contribution in [3.63, 3.8) is 0 Å². The van der Waals surface area contributed by atoms with Crippen LogP contribution in [0.15, 0.2) is 36.4 Å². The molecule has 4 N–H and O–H groups in total. The van der Waals surface area contributed by atoms with Gasteiger partial charge in [-0.25, -0.2) is 0 Å². The van der Waals surface area contributed by atoms with Crippen LogP contribution in [-0.4, -0.2) is 55.9 Å². The fourth-order valence-electron chi connectivity index (χ4n) is 3.81. The molecule has 3 rings (SSSR count). The Morgan fingerprint density at radius 2 is 1.97 bits per heavy atom. The van der Waals surface area contributed by atoms with Crippen molar-refractivity contribution in [1.82, 2.24) is 10.6 Å². The Bertz CT molecular complexity index is 840. The summed E-state index contributed by atoms with van der Waals surface area (Å²) < 4.78 is 10.6. The summed E-state index contributed by atoms with van der Waals surface area (Å²) in [6, 6.07) is 6.16. The van der Waals surface area contributed by atoms with Gasteiger partial charge >= 0.3 is 0 Å². The molecule has 2 aliphatic heterocycles. The number of hydrogen-bond donors (Lipinski definition) is 3. The van der Waals surface area contributed by atoms with Crippen LogP contribution in [0.1, 0.15) is 44.6 Å². The molecule has 2 aliphatic rings. The van der Waals surface area contributed by atoms with Gasteiger partial charge in [0, 0.05) is 19.3 Å². The molecule has 9 nitrogen and oxygen atoms in total. The zero-order valence-corrected chi connectivity index (χ0v) is 19.7. The number of amides is 2. The van der Waals surface area contributed by atoms with Gasteiger partial charge in [0.15, 0.2) is 5.78 Å². The molecular weight excluding hydrogens is 438 g/mol. The van der Waals surface area contributed by atoms with Gasteiger partial charge < -0.3 is 25.8 Å². The Hall–Kier alpha value is -3.20. The molecule has 0 saturated heterocycles. The number of unbranched alkanes of at least 4 members (excludes halogenated alkanes) is 1. The van der Waals surface area contributed by atoms with Crippen molar-refractivity contribution >= 4 is 24.1 Å². The molecule has 0 aliphatic carbocycles. The second-order valence-electron chi connectivity index (χ2n) is 8.41. The molecular formula is C25H35N3O6. The number of hydrogen-bond acceptors (Lipinski definition) is 7. The Morgan fingerprint density at radius 1 is 1.21 bits per heavy atom. The lowest BCUT2D eigenvalue weighted by Gasteiger charge is -2.23. The van der Waals surface area contributed by atoms with Gasteiger partial charge in [-0.1, -0.05) is 30.7 Å². The second kappa shape index (κ2) is 14.8. The molecule has 2 amide bonds. The number of benzene rings is 1. The normalized spacial score (nSPS) is 22.7. The van der Waals surface area contributed by atoms with E-state index in [4.69, 9.17) is 15.2 Å². The maximum absolute atomic E-state index is 13.2. The highest BCUT2D eigenvalue weighted by Gasteiger charge is 2.28. The fraction of sp³-hybridized carbons (Fsp3) is 0.520. The van der Waals surface area contributed by atoms with Crippen molar-refractivity contribution in [3.05, 3.63) is 42.0 Å². The summed E-state index contributed by atoms with van der Waals surface area (Å²) in [7, 11) is 0. The van der Waals surface area contributed by atoms with E-state index in [-0.39, 0.29) is 30.6 Å². The summed E-state index contributed by atoms with van der Waals surface area (Å²) in [5.41, 5.74) is 6.48. The van der Waals surface area contributed by atoms with Crippen LogP contribution in [0.2, 0.25) is 0 Å². The van der Waals surface area contributed by atoms with Crippen molar-refractivity contribution in [2.24, 2.45) is 11.7 Å². The van der Waals surface area contributed by atoms with Crippen molar-refractivity contribution in [2.75, 3.05) is 19.8 Å². The highest BCUT2D eigenvalue weighted by Crippen LogP contribution is 2.19. The predicted molar refractivity (Wildman–Crippen MR) is 127 cm³/mol. The highest BCUT2D eigenvalue weighted by molar-refractivity contribution is 5.92. The number of ketones is 1. The van der Waals surface area contributed by atoms with E-state index < -0.39 is 18.0 Å². The Balaban J connectivity index is 2.30. The summed E-state index contributed by atoms with van der Waals surface area (Å²) >= 11 is 0. The van der Waals surface area contributed by atoms with Crippen LogP contribution in [0, 0.1) is 5.92 Å². The molecule has 9 heteroatoms. The number of nitrogens with one attached hydrogen (secondary N) is 2. The van der Waals surface area contributed by atoms with Gasteiger partial charge in [0.1, 0.15) is 19.0 Å². The van der Waals surface area contributed by atoms with Gasteiger partial charge in [-0.2, -0.15) is 0 Å². The minimum Gasteiger partial charge on any atom is -0.490 e. The van der Waals surface area contributed by atoms with Gasteiger partial charge in [0.05, 0.1) is 12.1 Å². The van der Waals surface area contributed by atoms with E-state index in [1.54, 1.807) is 0 Å². The number of ether oxygens (including phenoxy) is 2. The fourth-order valence-corrected chi connectivity index (χ4v) is 3.81. The molecule has 3 atom stereocenters. The molecule has 0 fully saturated rings. The zero-order valence-electron chi connectivity index (χ0n) is 19.7. The summed E-state index contributed by atoms with van der Waals surface area (Å²) in [4.78, 5) is 48.8. The SMILES string of the molecule is CC(=O)N[C@H]1Cc2ccc(cc2)OC/C=C\C[C@@H](COC=O)NC(=O)[C@@H](CCCCN)CC1=O. The van der Waals surface area contributed by atoms with Gasteiger partial charge in [-0.05, 0) is 49.9 Å². The lowest BCUT2D eigenvalue weighted by Crippen LogP contribution is -2.45. The number of fused-ring (bicyclic) bond motifs is 13. The summed E-state index contributed by atoms with van der Waals surface area (Å²) in [6.07, 6.45) is 6.33. The first-order valence-electron chi connectivity index (χ1n) is 11.6. The lowest BCUT2D eigenvalue weighted by molar-refractivity contribution is -0.134. The molecule has 0 spiro atoms. The largest absolute Gasteiger partial charge is 0.490 e. The number of carbonyl (C=O) groups excluding carboxylic acids is 4. The van der Waals surface area contributed by atoms with E-state index in [0.29, 0.717) is 51.1 Å². The molecule has 34 heavy (non-hydrogen) atoms. The van der Waals surface area contributed by atoms with Crippen molar-refractivity contribution in [2.45, 2.75) is 57.5 Å². The third-order valence-electron chi connectivity index (χ3n) is 5.60. The standard InChI is InChI=1S/C25H35N3O6/c1-18(30)27-23-14-19-8-10-22(11-9-19)34-13-5-3-7-21(16-33-17-29)28-25(32)20(15-24(23)31)6-2-4-12-26/h3,5,8-11,17,20-21,23H,2,4,6-7,12-16,26H2,1H3,(H,27,30)(H,28,32)/b5-3-/t20-,21-,23-/m0/s1. The molecule has 2 heterocycles. The van der Waals surface area contributed by atoms with Gasteiger partial charge in [-0.15, -0.1) is 0 Å². The van der Waals surface area contributed by atoms with Crippen LogP contribution in [0.5, 0.6) is 5.75 Å². The molecule has 1 aromatic rings. The molecule has 0 radical (unpaired) electrons. The molecule has 0 unspecified atom stereocenters. The average molecular weight is 474 g/mol. The van der Waals surface area contributed by atoms with E-state index in [2.05, 4.69) is 10.6 Å². The Labute approximate surface area is 200 Å². The van der Waals surface area contributed by atoms with Gasteiger partial charge in [0.25, 0.3) is 6.47 Å². The van der Waals surface area contributed by atoms with Crippen LogP contribution in [0.25, 0.3) is 0 Å². The quantitative estimate of drug-likeness (QED) is 0.295. The van der Waals surface area contributed by atoms with Crippen LogP contribution in [0.4, 0.5) is 0 Å². The minimum absolute atomic E-state index is 0.0135. The third kappa shape index (κ3) is 9.74. The van der Waals surface area contributed by atoms with Crippen molar-refractivity contribution in [1.29, 1.82) is 0 Å². The number of nitrogens with two attached hydrogens (primary N) is 1. The smallest absolute Gasteiger partial charge is 0.293 e. The van der Waals surface area contributed by atoms with Crippen LogP contribution >= 0.6 is 0 Å². The number of rotatable bonds is 8. The van der Waals surface area contributed by atoms with Crippen LogP contribution in [-0.2, 0) is 30.3 Å². The highest BCUT2D eigenvalue weighted by atomic mass is 16.5. The first kappa shape index (κ1) is 27.0. The first-order valence-corrected chi connectivity index (χ1v) is 11.6. The molecule has 186 valence electrons. The summed E-state index contributed by atoms with van der Waals surface area (Å²) in [6.45, 7) is 2.55. The van der Waals surface area contributed by atoms with E-state index in [1.807, 2.05) is 36.4 Å². The molecule has 0 aromatic heterocycles. The minimum atomic E-state index is -0.749. The van der Waals surface area contributed by atoms with E-state index in [1.165, 1.54) is 6.92 Å². The van der Waals surface area contributed by atoms with E-state index in [0.717, 1.165) is 12.0 Å². The Morgan fingerprint density at radius 3 is 2.65 bits per heavy atom. The predicted octanol–water partition coefficient (Wildman–Crippen LogP) is 1.43. The van der Waals surface area contributed by atoms with Crippen molar-refractivity contribution < 1.29 is 28.7 Å². The van der Waals surface area contributed by atoms with Crippen LogP contribution in [0.3, 0.4) is 0 Å². The molecule has 0 saturated carbocycles. The summed E-state index contributed by atoms with van der Waals surface area (Å²) in [5, 5.41) is 5.64.